The fraction of sp³-hybridized carbons (Fsp3) is 0.111. The lowest BCUT2D eigenvalue weighted by Gasteiger charge is -2.09. The lowest BCUT2D eigenvalue weighted by molar-refractivity contribution is -0.134. The second-order valence-electron chi connectivity index (χ2n) is 5.21. The molecule has 0 saturated heterocycles. The van der Waals surface area contributed by atoms with Crippen LogP contribution in [-0.4, -0.2) is 23.8 Å². The van der Waals surface area contributed by atoms with Crippen LogP contribution in [0.2, 0.25) is 0 Å². The number of carbonyl (C=O) groups excluding carboxylic acids is 3. The maximum absolute atomic E-state index is 12.0. The third-order valence-electron chi connectivity index (χ3n) is 3.13. The van der Waals surface area contributed by atoms with Crippen LogP contribution in [0.5, 0.6) is 11.5 Å². The highest BCUT2D eigenvalue weighted by Crippen LogP contribution is 2.30. The Morgan fingerprint density at radius 2 is 1.85 bits per heavy atom. The molecule has 0 amide bonds. The molecule has 26 heavy (non-hydrogen) atoms. The fourth-order valence-electron chi connectivity index (χ4n) is 2.16. The lowest BCUT2D eigenvalue weighted by atomic mass is 10.1. The second kappa shape index (κ2) is 7.32. The van der Waals surface area contributed by atoms with Crippen molar-refractivity contribution >= 4 is 41.2 Å². The summed E-state index contributed by atoms with van der Waals surface area (Å²) in [5, 5.41) is 1.85. The average Bonchev–Trinajstić information content (AvgIpc) is 3.19. The third kappa shape index (κ3) is 4.04. The maximum atomic E-state index is 12.0. The Hall–Kier alpha value is -3.26. The molecular formula is C18H13NO6S. The standard InChI is InChI=1S/C18H13NO6S/c1-10(20)23-14-6-5-12(9-15(14)24-11(2)21)8-13-18(22)25-17(19-13)16-4-3-7-26-16/h3-9H,1-2H3/b13-8-. The molecular weight excluding hydrogens is 358 g/mol. The topological polar surface area (TPSA) is 91.3 Å². The summed E-state index contributed by atoms with van der Waals surface area (Å²) < 4.78 is 15.2. The molecule has 2 aromatic rings. The van der Waals surface area contributed by atoms with Crippen LogP contribution < -0.4 is 9.47 Å². The van der Waals surface area contributed by atoms with Crippen molar-refractivity contribution in [2.24, 2.45) is 4.99 Å². The number of cyclic esters (lactones) is 1. The first-order chi connectivity index (χ1) is 12.4. The predicted molar refractivity (Wildman–Crippen MR) is 94.0 cm³/mol. The lowest BCUT2D eigenvalue weighted by Crippen LogP contribution is -2.07. The number of aliphatic imine (C=N–C) groups is 1. The second-order valence-corrected chi connectivity index (χ2v) is 6.15. The molecule has 7 nitrogen and oxygen atoms in total. The van der Waals surface area contributed by atoms with Crippen molar-refractivity contribution in [3.63, 3.8) is 0 Å². The minimum absolute atomic E-state index is 0.0656. The fourth-order valence-corrected chi connectivity index (χ4v) is 2.81. The Morgan fingerprint density at radius 3 is 2.50 bits per heavy atom. The van der Waals surface area contributed by atoms with E-state index in [1.807, 2.05) is 11.4 Å². The van der Waals surface area contributed by atoms with Crippen LogP contribution in [-0.2, 0) is 19.1 Å². The molecule has 0 N–H and O–H groups in total. The third-order valence-corrected chi connectivity index (χ3v) is 3.99. The molecule has 0 radical (unpaired) electrons. The van der Waals surface area contributed by atoms with E-state index in [-0.39, 0.29) is 23.1 Å². The van der Waals surface area contributed by atoms with Crippen LogP contribution in [0.25, 0.3) is 6.08 Å². The average molecular weight is 371 g/mol. The normalized spacial score (nSPS) is 14.8. The van der Waals surface area contributed by atoms with Crippen LogP contribution in [0.1, 0.15) is 24.3 Å². The summed E-state index contributed by atoms with van der Waals surface area (Å²) in [5.41, 5.74) is 0.641. The van der Waals surface area contributed by atoms with Crippen molar-refractivity contribution in [1.29, 1.82) is 0 Å². The summed E-state index contributed by atoms with van der Waals surface area (Å²) in [6, 6.07) is 8.17. The predicted octanol–water partition coefficient (Wildman–Crippen LogP) is 2.94. The maximum Gasteiger partial charge on any atom is 0.363 e. The summed E-state index contributed by atoms with van der Waals surface area (Å²) in [6.45, 7) is 2.47. The summed E-state index contributed by atoms with van der Waals surface area (Å²) in [7, 11) is 0. The number of esters is 3. The summed E-state index contributed by atoms with van der Waals surface area (Å²) in [5.74, 6) is -1.28. The highest BCUT2D eigenvalue weighted by atomic mass is 32.1. The first-order valence-electron chi connectivity index (χ1n) is 7.49. The summed E-state index contributed by atoms with van der Waals surface area (Å²) >= 11 is 1.41. The molecule has 1 aromatic heterocycles. The van der Waals surface area contributed by atoms with E-state index in [4.69, 9.17) is 14.2 Å². The van der Waals surface area contributed by atoms with Crippen molar-refractivity contribution in [3.05, 3.63) is 51.8 Å². The molecule has 0 unspecified atom stereocenters. The molecule has 8 heteroatoms. The number of nitrogens with zero attached hydrogens (tertiary/aromatic N) is 1. The number of benzene rings is 1. The zero-order valence-corrected chi connectivity index (χ0v) is 14.7. The molecule has 132 valence electrons. The van der Waals surface area contributed by atoms with E-state index < -0.39 is 17.9 Å². The molecule has 3 rings (SSSR count). The Balaban J connectivity index is 1.93. The molecule has 0 fully saturated rings. The van der Waals surface area contributed by atoms with Gasteiger partial charge in [0.05, 0.1) is 4.88 Å². The zero-order chi connectivity index (χ0) is 18.7. The van der Waals surface area contributed by atoms with Gasteiger partial charge in [0.1, 0.15) is 0 Å². The number of hydrogen-bond acceptors (Lipinski definition) is 8. The van der Waals surface area contributed by atoms with Gasteiger partial charge in [0.25, 0.3) is 0 Å². The number of thiophene rings is 1. The van der Waals surface area contributed by atoms with Crippen molar-refractivity contribution in [2.45, 2.75) is 13.8 Å². The Bertz CT molecular complexity index is 943. The highest BCUT2D eigenvalue weighted by molar-refractivity contribution is 7.12. The van der Waals surface area contributed by atoms with E-state index in [1.54, 1.807) is 12.1 Å². The van der Waals surface area contributed by atoms with E-state index in [2.05, 4.69) is 4.99 Å². The SMILES string of the molecule is CC(=O)Oc1ccc(/C=C2\N=C(c3cccs3)OC2=O)cc1OC(C)=O. The molecule has 0 bridgehead atoms. The van der Waals surface area contributed by atoms with Gasteiger partial charge in [-0.05, 0) is 35.2 Å². The Kier molecular flexibility index (Phi) is 4.94. The van der Waals surface area contributed by atoms with Crippen LogP contribution >= 0.6 is 11.3 Å². The minimum atomic E-state index is -0.577. The van der Waals surface area contributed by atoms with Crippen LogP contribution in [0.15, 0.2) is 46.4 Å². The van der Waals surface area contributed by atoms with Crippen LogP contribution in [0.3, 0.4) is 0 Å². The van der Waals surface area contributed by atoms with Gasteiger partial charge in [0, 0.05) is 13.8 Å². The van der Waals surface area contributed by atoms with E-state index in [9.17, 15) is 14.4 Å². The molecule has 2 heterocycles. The molecule has 0 saturated carbocycles. The monoisotopic (exact) mass is 371 g/mol. The quantitative estimate of drug-likeness (QED) is 0.466. The van der Waals surface area contributed by atoms with Crippen LogP contribution in [0.4, 0.5) is 0 Å². The number of ether oxygens (including phenoxy) is 3. The van der Waals surface area contributed by atoms with Crippen LogP contribution in [0, 0.1) is 0 Å². The first-order valence-corrected chi connectivity index (χ1v) is 8.37. The molecule has 0 spiro atoms. The Morgan fingerprint density at radius 1 is 1.12 bits per heavy atom. The number of hydrogen-bond donors (Lipinski definition) is 0. The highest BCUT2D eigenvalue weighted by Gasteiger charge is 2.25. The van der Waals surface area contributed by atoms with E-state index in [0.29, 0.717) is 5.56 Å². The van der Waals surface area contributed by atoms with Gasteiger partial charge in [0.2, 0.25) is 5.90 Å². The van der Waals surface area contributed by atoms with Crippen molar-refractivity contribution < 1.29 is 28.6 Å². The van der Waals surface area contributed by atoms with E-state index in [1.165, 1.54) is 43.4 Å². The largest absolute Gasteiger partial charge is 0.423 e. The minimum Gasteiger partial charge on any atom is -0.423 e. The molecule has 1 aliphatic heterocycles. The van der Waals surface area contributed by atoms with Gasteiger partial charge < -0.3 is 14.2 Å². The van der Waals surface area contributed by atoms with Crippen molar-refractivity contribution in [2.75, 3.05) is 0 Å². The van der Waals surface area contributed by atoms with Gasteiger partial charge >= 0.3 is 17.9 Å². The van der Waals surface area contributed by atoms with Crippen molar-refractivity contribution in [3.8, 4) is 11.5 Å². The molecule has 0 atom stereocenters. The van der Waals surface area contributed by atoms with Gasteiger partial charge in [-0.25, -0.2) is 9.79 Å². The van der Waals surface area contributed by atoms with Gasteiger partial charge in [-0.2, -0.15) is 0 Å². The van der Waals surface area contributed by atoms with Crippen molar-refractivity contribution in [1.82, 2.24) is 0 Å². The van der Waals surface area contributed by atoms with E-state index >= 15 is 0 Å². The zero-order valence-electron chi connectivity index (χ0n) is 13.8. The number of carbonyl (C=O) groups is 3. The van der Waals surface area contributed by atoms with Gasteiger partial charge in [-0.1, -0.05) is 12.1 Å². The van der Waals surface area contributed by atoms with Gasteiger partial charge in [-0.3, -0.25) is 9.59 Å². The molecule has 1 aromatic carbocycles. The van der Waals surface area contributed by atoms with Gasteiger partial charge in [0.15, 0.2) is 17.2 Å². The number of rotatable bonds is 4. The van der Waals surface area contributed by atoms with Gasteiger partial charge in [-0.15, -0.1) is 11.3 Å². The summed E-state index contributed by atoms with van der Waals surface area (Å²) in [6.07, 6.45) is 1.49. The van der Waals surface area contributed by atoms with E-state index in [0.717, 1.165) is 4.88 Å². The summed E-state index contributed by atoms with van der Waals surface area (Å²) in [4.78, 5) is 39.4. The smallest absolute Gasteiger partial charge is 0.363 e. The Labute approximate surface area is 152 Å². The first kappa shape index (κ1) is 17.6. The molecule has 1 aliphatic rings. The molecule has 0 aliphatic carbocycles.